The van der Waals surface area contributed by atoms with Crippen molar-refractivity contribution in [3.8, 4) is 21.8 Å². The van der Waals surface area contributed by atoms with Crippen molar-refractivity contribution in [3.63, 3.8) is 0 Å². The van der Waals surface area contributed by atoms with Gasteiger partial charge in [-0.15, -0.1) is 22.7 Å². The number of fused-ring (bicyclic) bond motifs is 1. The minimum atomic E-state index is 0.934. The van der Waals surface area contributed by atoms with Gasteiger partial charge in [-0.3, -0.25) is 0 Å². The van der Waals surface area contributed by atoms with E-state index in [1.165, 1.54) is 35.3 Å². The number of thiophene rings is 1. The number of nitrogens with two attached hydrogens (primary N) is 1. The van der Waals surface area contributed by atoms with Gasteiger partial charge in [0, 0.05) is 25.9 Å². The van der Waals surface area contributed by atoms with Crippen molar-refractivity contribution in [2.75, 3.05) is 5.73 Å². The van der Waals surface area contributed by atoms with Gasteiger partial charge in [0.1, 0.15) is 5.01 Å². The summed E-state index contributed by atoms with van der Waals surface area (Å²) in [6.45, 7) is 0. The second-order valence-corrected chi connectivity index (χ2v) is 8.41. The molecule has 0 aliphatic heterocycles. The highest BCUT2D eigenvalue weighted by atomic mass is 79.9. The molecule has 0 atom stereocenters. The van der Waals surface area contributed by atoms with Gasteiger partial charge in [0.25, 0.3) is 0 Å². The maximum absolute atomic E-state index is 6.30. The van der Waals surface area contributed by atoms with Gasteiger partial charge in [0.05, 0.1) is 10.7 Å². The molecule has 2 N–H and O–H groups in total. The lowest BCUT2D eigenvalue weighted by Gasteiger charge is -2.11. The summed E-state index contributed by atoms with van der Waals surface area (Å²) in [5.41, 5.74) is 11.1. The molecule has 0 amide bonds. The molecule has 0 bridgehead atoms. The molecule has 22 heavy (non-hydrogen) atoms. The smallest absolute Gasteiger partial charge is 0.127 e. The van der Waals surface area contributed by atoms with Gasteiger partial charge in [0.15, 0.2) is 0 Å². The second-order valence-electron chi connectivity index (χ2n) is 5.49. The summed E-state index contributed by atoms with van der Waals surface area (Å²) in [5.74, 6) is 0. The molecule has 0 radical (unpaired) electrons. The summed E-state index contributed by atoms with van der Waals surface area (Å²) >= 11 is 6.93. The zero-order valence-corrected chi connectivity index (χ0v) is 15.2. The molecule has 4 rings (SSSR count). The van der Waals surface area contributed by atoms with Crippen LogP contribution in [0.4, 0.5) is 5.00 Å². The van der Waals surface area contributed by atoms with Crippen LogP contribution in [0.15, 0.2) is 34.1 Å². The average Bonchev–Trinajstić information content (AvgIpc) is 3.11. The van der Waals surface area contributed by atoms with Crippen molar-refractivity contribution >= 4 is 43.6 Å². The SMILES string of the molecule is Nc1sc2c(c1-c1nc(-c3ccc(Br)cc3)cs1)CCCC2. The zero-order valence-electron chi connectivity index (χ0n) is 11.9. The van der Waals surface area contributed by atoms with E-state index < -0.39 is 0 Å². The molecule has 2 nitrogen and oxygen atoms in total. The van der Waals surface area contributed by atoms with Gasteiger partial charge in [-0.2, -0.15) is 0 Å². The number of hydrogen-bond acceptors (Lipinski definition) is 4. The Balaban J connectivity index is 1.76. The predicted octanol–water partition coefficient (Wildman–Crippen LogP) is 5.76. The van der Waals surface area contributed by atoms with Crippen LogP contribution < -0.4 is 5.73 Å². The topological polar surface area (TPSA) is 38.9 Å². The molecule has 2 heterocycles. The Hall–Kier alpha value is -1.17. The summed E-state index contributed by atoms with van der Waals surface area (Å²) in [7, 11) is 0. The van der Waals surface area contributed by atoms with Gasteiger partial charge < -0.3 is 5.73 Å². The van der Waals surface area contributed by atoms with Crippen molar-refractivity contribution in [1.29, 1.82) is 0 Å². The Morgan fingerprint density at radius 2 is 1.86 bits per heavy atom. The number of nitrogens with zero attached hydrogens (tertiary/aromatic N) is 1. The van der Waals surface area contributed by atoms with Crippen LogP contribution in [0.25, 0.3) is 21.8 Å². The van der Waals surface area contributed by atoms with Crippen LogP contribution in [0.5, 0.6) is 0 Å². The molecule has 2 aromatic heterocycles. The van der Waals surface area contributed by atoms with Crippen LogP contribution in [0.2, 0.25) is 0 Å². The van der Waals surface area contributed by atoms with E-state index in [4.69, 9.17) is 10.7 Å². The average molecular weight is 391 g/mol. The van der Waals surface area contributed by atoms with Crippen molar-refractivity contribution < 1.29 is 0 Å². The maximum Gasteiger partial charge on any atom is 0.127 e. The van der Waals surface area contributed by atoms with E-state index in [-0.39, 0.29) is 0 Å². The van der Waals surface area contributed by atoms with E-state index in [2.05, 4.69) is 45.6 Å². The Morgan fingerprint density at radius 1 is 1.09 bits per heavy atom. The second kappa shape index (κ2) is 5.80. The summed E-state index contributed by atoms with van der Waals surface area (Å²) in [4.78, 5) is 6.32. The van der Waals surface area contributed by atoms with Crippen LogP contribution in [-0.4, -0.2) is 4.98 Å². The standard InChI is InChI=1S/C17H15BrN2S2/c18-11-7-5-10(6-8-11)13-9-21-17(20-13)15-12-3-1-2-4-14(12)22-16(15)19/h5-9H,1-4,19H2. The summed E-state index contributed by atoms with van der Waals surface area (Å²) < 4.78 is 1.09. The molecular formula is C17H15BrN2S2. The Kier molecular flexibility index (Phi) is 3.80. The highest BCUT2D eigenvalue weighted by Crippen LogP contribution is 2.44. The third kappa shape index (κ3) is 2.51. The first-order valence-corrected chi connectivity index (χ1v) is 9.83. The number of thiazole rings is 1. The molecule has 0 saturated heterocycles. The Morgan fingerprint density at radius 3 is 2.68 bits per heavy atom. The van der Waals surface area contributed by atoms with E-state index >= 15 is 0 Å². The van der Waals surface area contributed by atoms with Gasteiger partial charge in [-0.05, 0) is 43.4 Å². The predicted molar refractivity (Wildman–Crippen MR) is 99.6 cm³/mol. The molecule has 112 valence electrons. The lowest BCUT2D eigenvalue weighted by molar-refractivity contribution is 0.698. The number of benzene rings is 1. The minimum Gasteiger partial charge on any atom is -0.390 e. The minimum absolute atomic E-state index is 0.934. The highest BCUT2D eigenvalue weighted by Gasteiger charge is 2.22. The first-order valence-electron chi connectivity index (χ1n) is 7.34. The quantitative estimate of drug-likeness (QED) is 0.603. The zero-order chi connectivity index (χ0) is 15.1. The van der Waals surface area contributed by atoms with Gasteiger partial charge in [-0.25, -0.2) is 4.98 Å². The van der Waals surface area contributed by atoms with Crippen LogP contribution in [0.1, 0.15) is 23.3 Å². The van der Waals surface area contributed by atoms with Crippen LogP contribution in [0.3, 0.4) is 0 Å². The van der Waals surface area contributed by atoms with Gasteiger partial charge >= 0.3 is 0 Å². The van der Waals surface area contributed by atoms with Gasteiger partial charge in [-0.1, -0.05) is 28.1 Å². The summed E-state index contributed by atoms with van der Waals surface area (Å²) in [6.07, 6.45) is 4.87. The lowest BCUT2D eigenvalue weighted by atomic mass is 9.96. The van der Waals surface area contributed by atoms with Crippen molar-refractivity contribution in [3.05, 3.63) is 44.6 Å². The maximum atomic E-state index is 6.30. The van der Waals surface area contributed by atoms with Gasteiger partial charge in [0.2, 0.25) is 0 Å². The van der Waals surface area contributed by atoms with Crippen LogP contribution >= 0.6 is 38.6 Å². The van der Waals surface area contributed by atoms with E-state index in [1.54, 1.807) is 22.7 Å². The number of nitrogen functional groups attached to an aromatic ring is 1. The first kappa shape index (κ1) is 14.4. The summed E-state index contributed by atoms with van der Waals surface area (Å²) in [5, 5.41) is 4.13. The van der Waals surface area contributed by atoms with E-state index in [9.17, 15) is 0 Å². The van der Waals surface area contributed by atoms with Crippen LogP contribution in [-0.2, 0) is 12.8 Å². The van der Waals surface area contributed by atoms with Crippen molar-refractivity contribution in [1.82, 2.24) is 4.98 Å². The van der Waals surface area contributed by atoms with E-state index in [0.717, 1.165) is 32.2 Å². The van der Waals surface area contributed by atoms with Crippen LogP contribution in [0, 0.1) is 0 Å². The number of aryl methyl sites for hydroxylation is 1. The molecular weight excluding hydrogens is 376 g/mol. The third-order valence-corrected chi connectivity index (χ3v) is 6.57. The fraction of sp³-hybridized carbons (Fsp3) is 0.235. The normalized spacial score (nSPS) is 14.0. The Labute approximate surface area is 146 Å². The molecule has 3 aromatic rings. The monoisotopic (exact) mass is 390 g/mol. The molecule has 0 saturated carbocycles. The Bertz CT molecular complexity index is 818. The molecule has 1 aliphatic carbocycles. The molecule has 0 spiro atoms. The first-order chi connectivity index (χ1) is 10.7. The number of halogens is 1. The number of rotatable bonds is 2. The molecule has 5 heteroatoms. The third-order valence-electron chi connectivity index (χ3n) is 4.06. The number of aromatic nitrogens is 1. The number of anilines is 1. The van der Waals surface area contributed by atoms with Crippen molar-refractivity contribution in [2.24, 2.45) is 0 Å². The van der Waals surface area contributed by atoms with E-state index in [0.29, 0.717) is 0 Å². The fourth-order valence-corrected chi connectivity index (χ4v) is 5.37. The molecule has 1 aliphatic rings. The van der Waals surface area contributed by atoms with E-state index in [1.807, 2.05) is 0 Å². The lowest BCUT2D eigenvalue weighted by Crippen LogP contribution is -1.99. The molecule has 0 unspecified atom stereocenters. The fourth-order valence-electron chi connectivity index (χ4n) is 2.96. The van der Waals surface area contributed by atoms with Crippen molar-refractivity contribution in [2.45, 2.75) is 25.7 Å². The number of hydrogen-bond donors (Lipinski definition) is 1. The molecule has 0 fully saturated rings. The highest BCUT2D eigenvalue weighted by molar-refractivity contribution is 9.10. The largest absolute Gasteiger partial charge is 0.390 e. The molecule has 1 aromatic carbocycles. The summed E-state index contributed by atoms with van der Waals surface area (Å²) in [6, 6.07) is 8.29.